The number of imide groups is 1. The number of halogens is 2. The van der Waals surface area contributed by atoms with Crippen molar-refractivity contribution in [1.29, 1.82) is 0 Å². The maximum Gasteiger partial charge on any atom is 0.387 e. The number of ether oxygens (including phenoxy) is 2. The summed E-state index contributed by atoms with van der Waals surface area (Å²) in [5, 5.41) is 0. The van der Waals surface area contributed by atoms with Crippen LogP contribution in [0.1, 0.15) is 38.2 Å². The van der Waals surface area contributed by atoms with Crippen LogP contribution in [0.25, 0.3) is 0 Å². The first kappa shape index (κ1) is 22.2. The molecule has 1 saturated carbocycles. The molecule has 0 spiro atoms. The van der Waals surface area contributed by atoms with E-state index in [0.29, 0.717) is 18.4 Å². The third-order valence-electron chi connectivity index (χ3n) is 6.08. The Kier molecular flexibility index (Phi) is 6.43. The molecule has 0 bridgehead atoms. The summed E-state index contributed by atoms with van der Waals surface area (Å²) in [7, 11) is 0. The highest BCUT2D eigenvalue weighted by Gasteiger charge is 2.48. The van der Waals surface area contributed by atoms with Crippen molar-refractivity contribution in [2.75, 3.05) is 13.2 Å². The average Bonchev–Trinajstić information content (AvgIpc) is 3.58. The summed E-state index contributed by atoms with van der Waals surface area (Å²) in [4.78, 5) is 41.3. The molecule has 1 aliphatic heterocycles. The van der Waals surface area contributed by atoms with Crippen LogP contribution < -0.4 is 9.47 Å². The maximum absolute atomic E-state index is 13.1. The number of hydrogen-bond donors (Lipinski definition) is 0. The monoisotopic (exact) mass is 448 g/mol. The van der Waals surface area contributed by atoms with Crippen molar-refractivity contribution in [3.05, 3.63) is 35.9 Å². The molecule has 0 aromatic heterocycles. The first-order valence-corrected chi connectivity index (χ1v) is 10.9. The number of allylic oxidation sites excluding steroid dienone is 2. The molecule has 2 fully saturated rings. The molecule has 1 aromatic carbocycles. The fraction of sp³-hybridized carbons (Fsp3) is 0.522. The summed E-state index contributed by atoms with van der Waals surface area (Å²) < 4.78 is 35.2. The molecule has 0 unspecified atom stereocenters. The number of fused-ring (bicyclic) bond motifs is 1. The van der Waals surface area contributed by atoms with Gasteiger partial charge in [-0.15, -0.1) is 0 Å². The summed E-state index contributed by atoms with van der Waals surface area (Å²) in [5.41, 5.74) is 0.687. The van der Waals surface area contributed by atoms with Gasteiger partial charge in [-0.05, 0) is 50.3 Å². The SMILES string of the molecule is CCOc1cc(CN(C(=O)CN2C(=O)[C@H]3CC=CC[C@H]3C2=O)C2CC2)ccc1OC(F)F. The zero-order valence-electron chi connectivity index (χ0n) is 17.8. The molecular formula is C23H26F2N2O5. The number of alkyl halides is 2. The van der Waals surface area contributed by atoms with Crippen LogP contribution in [0.5, 0.6) is 11.5 Å². The van der Waals surface area contributed by atoms with Crippen LogP contribution in [0.4, 0.5) is 8.78 Å². The van der Waals surface area contributed by atoms with Crippen molar-refractivity contribution >= 4 is 17.7 Å². The van der Waals surface area contributed by atoms with E-state index in [1.807, 2.05) is 12.2 Å². The van der Waals surface area contributed by atoms with E-state index >= 15 is 0 Å². The highest BCUT2D eigenvalue weighted by atomic mass is 19.3. The van der Waals surface area contributed by atoms with Crippen molar-refractivity contribution in [2.24, 2.45) is 11.8 Å². The number of amides is 3. The molecule has 7 nitrogen and oxygen atoms in total. The van der Waals surface area contributed by atoms with Gasteiger partial charge >= 0.3 is 6.61 Å². The number of carbonyl (C=O) groups is 3. The van der Waals surface area contributed by atoms with Gasteiger partial charge in [0, 0.05) is 12.6 Å². The maximum atomic E-state index is 13.1. The molecule has 0 radical (unpaired) electrons. The van der Waals surface area contributed by atoms with E-state index in [0.717, 1.165) is 17.7 Å². The third kappa shape index (κ3) is 4.61. The summed E-state index contributed by atoms with van der Waals surface area (Å²) in [6.45, 7) is -1.02. The fourth-order valence-electron chi connectivity index (χ4n) is 4.37. The van der Waals surface area contributed by atoms with E-state index in [4.69, 9.17) is 4.74 Å². The second-order valence-corrected chi connectivity index (χ2v) is 8.26. The lowest BCUT2D eigenvalue weighted by Crippen LogP contribution is -2.43. The molecule has 1 aromatic rings. The van der Waals surface area contributed by atoms with Gasteiger partial charge in [0.2, 0.25) is 17.7 Å². The summed E-state index contributed by atoms with van der Waals surface area (Å²) in [6.07, 6.45) is 6.55. The van der Waals surface area contributed by atoms with Crippen LogP contribution in [0.3, 0.4) is 0 Å². The summed E-state index contributed by atoms with van der Waals surface area (Å²) >= 11 is 0. The minimum Gasteiger partial charge on any atom is -0.490 e. The predicted octanol–water partition coefficient (Wildman–Crippen LogP) is 3.13. The van der Waals surface area contributed by atoms with Gasteiger partial charge in [0.05, 0.1) is 18.4 Å². The Morgan fingerprint density at radius 2 is 1.78 bits per heavy atom. The molecule has 32 heavy (non-hydrogen) atoms. The normalized spacial score (nSPS) is 22.3. The molecule has 2 atom stereocenters. The smallest absolute Gasteiger partial charge is 0.387 e. The van der Waals surface area contributed by atoms with Gasteiger partial charge in [-0.1, -0.05) is 18.2 Å². The molecule has 4 rings (SSSR count). The molecule has 1 saturated heterocycles. The number of nitrogens with zero attached hydrogens (tertiary/aromatic N) is 2. The lowest BCUT2D eigenvalue weighted by atomic mass is 9.85. The first-order chi connectivity index (χ1) is 15.4. The van der Waals surface area contributed by atoms with Gasteiger partial charge in [0.1, 0.15) is 6.54 Å². The largest absolute Gasteiger partial charge is 0.490 e. The second-order valence-electron chi connectivity index (χ2n) is 8.26. The number of likely N-dealkylation sites (tertiary alicyclic amines) is 1. The average molecular weight is 448 g/mol. The van der Waals surface area contributed by atoms with Crippen LogP contribution in [0.2, 0.25) is 0 Å². The van der Waals surface area contributed by atoms with Crippen LogP contribution in [-0.2, 0) is 20.9 Å². The highest BCUT2D eigenvalue weighted by Crippen LogP contribution is 2.36. The van der Waals surface area contributed by atoms with Gasteiger partial charge in [-0.2, -0.15) is 8.78 Å². The quantitative estimate of drug-likeness (QED) is 0.429. The first-order valence-electron chi connectivity index (χ1n) is 10.9. The van der Waals surface area contributed by atoms with E-state index in [1.165, 1.54) is 6.07 Å². The minimum absolute atomic E-state index is 0.0341. The molecule has 1 heterocycles. The highest BCUT2D eigenvalue weighted by molar-refractivity contribution is 6.07. The number of rotatable bonds is 9. The summed E-state index contributed by atoms with van der Waals surface area (Å²) in [6, 6.07) is 4.62. The Bertz CT molecular complexity index is 905. The number of hydrogen-bond acceptors (Lipinski definition) is 5. The van der Waals surface area contributed by atoms with E-state index in [-0.39, 0.29) is 66.8 Å². The molecule has 172 valence electrons. The second kappa shape index (κ2) is 9.26. The molecule has 2 aliphatic carbocycles. The Balaban J connectivity index is 1.47. The Hall–Kier alpha value is -2.97. The number of benzene rings is 1. The van der Waals surface area contributed by atoms with Crippen molar-refractivity contribution in [2.45, 2.75) is 51.8 Å². The third-order valence-corrected chi connectivity index (χ3v) is 6.08. The van der Waals surface area contributed by atoms with Gasteiger partial charge in [-0.25, -0.2) is 0 Å². The lowest BCUT2D eigenvalue weighted by Gasteiger charge is -2.25. The minimum atomic E-state index is -2.97. The molecule has 3 amide bonds. The van der Waals surface area contributed by atoms with E-state index < -0.39 is 6.61 Å². The summed E-state index contributed by atoms with van der Waals surface area (Å²) in [5.74, 6) is -1.49. The Morgan fingerprint density at radius 1 is 1.12 bits per heavy atom. The van der Waals surface area contributed by atoms with Crippen molar-refractivity contribution in [1.82, 2.24) is 9.80 Å². The lowest BCUT2D eigenvalue weighted by molar-refractivity contribution is -0.147. The van der Waals surface area contributed by atoms with Crippen molar-refractivity contribution < 1.29 is 32.6 Å². The zero-order valence-corrected chi connectivity index (χ0v) is 17.8. The van der Waals surface area contributed by atoms with Crippen LogP contribution in [0, 0.1) is 11.8 Å². The van der Waals surface area contributed by atoms with Crippen LogP contribution >= 0.6 is 0 Å². The van der Waals surface area contributed by atoms with E-state index in [2.05, 4.69) is 4.74 Å². The number of carbonyl (C=O) groups excluding carboxylic acids is 3. The van der Waals surface area contributed by atoms with Gasteiger partial charge in [0.15, 0.2) is 11.5 Å². The molecule has 9 heteroatoms. The zero-order chi connectivity index (χ0) is 22.8. The van der Waals surface area contributed by atoms with Gasteiger partial charge < -0.3 is 14.4 Å². The van der Waals surface area contributed by atoms with E-state index in [1.54, 1.807) is 24.0 Å². The molecule has 3 aliphatic rings. The van der Waals surface area contributed by atoms with Crippen LogP contribution in [0.15, 0.2) is 30.4 Å². The Labute approximate surface area is 184 Å². The fourth-order valence-corrected chi connectivity index (χ4v) is 4.37. The predicted molar refractivity (Wildman–Crippen MR) is 110 cm³/mol. The van der Waals surface area contributed by atoms with Crippen LogP contribution in [-0.4, -0.2) is 53.3 Å². The van der Waals surface area contributed by atoms with Crippen molar-refractivity contribution in [3.63, 3.8) is 0 Å². The molecular weight excluding hydrogens is 422 g/mol. The standard InChI is InChI=1S/C23H26F2N2O5/c1-2-31-19-11-14(7-10-18(19)32-23(24)25)12-26(15-8-9-15)20(28)13-27-21(29)16-5-3-4-6-17(16)22(27)30/h3-4,7,10-11,15-17,23H,2,5-6,8-9,12-13H2,1H3/t16-,17+. The van der Waals surface area contributed by atoms with Crippen molar-refractivity contribution in [3.8, 4) is 11.5 Å². The Morgan fingerprint density at radius 3 is 2.34 bits per heavy atom. The molecule has 0 N–H and O–H groups in total. The topological polar surface area (TPSA) is 76.2 Å². The van der Waals surface area contributed by atoms with E-state index in [9.17, 15) is 23.2 Å². The van der Waals surface area contributed by atoms with Gasteiger partial charge in [0.25, 0.3) is 0 Å². The van der Waals surface area contributed by atoms with Gasteiger partial charge in [-0.3, -0.25) is 19.3 Å².